The monoisotopic (exact) mass is 403 g/mol. The molecule has 8 nitrogen and oxygen atoms in total. The van der Waals surface area contributed by atoms with E-state index in [9.17, 15) is 13.2 Å². The van der Waals surface area contributed by atoms with Gasteiger partial charge >= 0.3 is 0 Å². The third-order valence-corrected chi connectivity index (χ3v) is 6.60. The smallest absolute Gasteiger partial charge is 0.251 e. The molecule has 1 aromatic carbocycles. The zero-order valence-corrected chi connectivity index (χ0v) is 16.7. The lowest BCUT2D eigenvalue weighted by molar-refractivity contribution is 0.0953. The van der Waals surface area contributed by atoms with Crippen molar-refractivity contribution in [2.24, 2.45) is 0 Å². The number of benzene rings is 1. The first-order chi connectivity index (χ1) is 13.5. The number of sulfonamides is 1. The lowest BCUT2D eigenvalue weighted by Crippen LogP contribution is -2.49. The number of nitrogens with zero attached hydrogens (tertiary/aromatic N) is 4. The second-order valence-corrected chi connectivity index (χ2v) is 8.81. The fourth-order valence-electron chi connectivity index (χ4n) is 3.01. The highest BCUT2D eigenvalue weighted by atomic mass is 32.2. The second kappa shape index (κ2) is 9.11. The number of anilines is 1. The van der Waals surface area contributed by atoms with E-state index in [0.29, 0.717) is 50.7 Å². The van der Waals surface area contributed by atoms with Crippen molar-refractivity contribution in [3.63, 3.8) is 0 Å². The Bertz CT molecular complexity index is 880. The lowest BCUT2D eigenvalue weighted by Gasteiger charge is -2.33. The Morgan fingerprint density at radius 2 is 1.71 bits per heavy atom. The molecule has 3 rings (SSSR count). The molecular formula is C19H25N5O3S. The molecule has 28 heavy (non-hydrogen) atoms. The van der Waals surface area contributed by atoms with Crippen LogP contribution in [-0.2, 0) is 10.0 Å². The van der Waals surface area contributed by atoms with Crippen molar-refractivity contribution in [1.29, 1.82) is 0 Å². The van der Waals surface area contributed by atoms with Gasteiger partial charge in [-0.25, -0.2) is 18.4 Å². The summed E-state index contributed by atoms with van der Waals surface area (Å²) in [6.45, 7) is 4.23. The highest BCUT2D eigenvalue weighted by molar-refractivity contribution is 7.89. The number of hydrogen-bond acceptors (Lipinski definition) is 6. The first-order valence-corrected chi connectivity index (χ1v) is 10.9. The van der Waals surface area contributed by atoms with Crippen LogP contribution < -0.4 is 10.2 Å². The Morgan fingerprint density at radius 1 is 1.07 bits per heavy atom. The zero-order valence-electron chi connectivity index (χ0n) is 15.9. The summed E-state index contributed by atoms with van der Waals surface area (Å²) in [4.78, 5) is 22.5. The summed E-state index contributed by atoms with van der Waals surface area (Å²) < 4.78 is 26.6. The molecule has 0 unspecified atom stereocenters. The van der Waals surface area contributed by atoms with Crippen LogP contribution in [0.3, 0.4) is 0 Å². The Balaban J connectivity index is 1.42. The van der Waals surface area contributed by atoms with Crippen LogP contribution in [0.15, 0.2) is 42.7 Å². The van der Waals surface area contributed by atoms with Gasteiger partial charge in [-0.05, 0) is 31.5 Å². The van der Waals surface area contributed by atoms with Gasteiger partial charge in [0, 0.05) is 50.7 Å². The molecule has 1 aliphatic rings. The first-order valence-electron chi connectivity index (χ1n) is 9.30. The van der Waals surface area contributed by atoms with Crippen molar-refractivity contribution in [3.8, 4) is 0 Å². The maximum absolute atomic E-state index is 12.5. The molecule has 0 aliphatic carbocycles. The maximum Gasteiger partial charge on any atom is 0.251 e. The molecule has 2 heterocycles. The number of carbonyl (C=O) groups excluding carboxylic acids is 1. The van der Waals surface area contributed by atoms with Gasteiger partial charge in [0.05, 0.1) is 5.75 Å². The summed E-state index contributed by atoms with van der Waals surface area (Å²) in [5.41, 5.74) is 1.66. The third-order valence-electron chi connectivity index (χ3n) is 4.65. The highest BCUT2D eigenvalue weighted by Crippen LogP contribution is 2.13. The van der Waals surface area contributed by atoms with Gasteiger partial charge in [0.1, 0.15) is 0 Å². The number of nitrogens with one attached hydrogen (secondary N) is 1. The van der Waals surface area contributed by atoms with Gasteiger partial charge in [0.15, 0.2) is 0 Å². The molecule has 1 amide bonds. The van der Waals surface area contributed by atoms with Crippen LogP contribution in [-0.4, -0.2) is 67.1 Å². The molecule has 1 aromatic heterocycles. The van der Waals surface area contributed by atoms with Crippen LogP contribution in [0, 0.1) is 6.92 Å². The quantitative estimate of drug-likeness (QED) is 0.695. The van der Waals surface area contributed by atoms with Gasteiger partial charge < -0.3 is 10.2 Å². The van der Waals surface area contributed by atoms with Crippen LogP contribution in [0.25, 0.3) is 0 Å². The van der Waals surface area contributed by atoms with Crippen LogP contribution in [0.4, 0.5) is 5.95 Å². The van der Waals surface area contributed by atoms with E-state index in [1.807, 2.05) is 24.0 Å². The summed E-state index contributed by atoms with van der Waals surface area (Å²) >= 11 is 0. The van der Waals surface area contributed by atoms with E-state index in [-0.39, 0.29) is 11.7 Å². The number of rotatable bonds is 7. The lowest BCUT2D eigenvalue weighted by atomic mass is 10.1. The molecule has 0 bridgehead atoms. The summed E-state index contributed by atoms with van der Waals surface area (Å²) in [5.74, 6) is 0.454. The fourth-order valence-corrected chi connectivity index (χ4v) is 4.50. The Morgan fingerprint density at radius 3 is 2.36 bits per heavy atom. The Hall–Kier alpha value is -2.52. The van der Waals surface area contributed by atoms with Gasteiger partial charge in [-0.1, -0.05) is 17.7 Å². The minimum Gasteiger partial charge on any atom is -0.352 e. The summed E-state index contributed by atoms with van der Waals surface area (Å²) in [6, 6.07) is 9.02. The number of hydrogen-bond donors (Lipinski definition) is 1. The zero-order chi connectivity index (χ0) is 20.0. The molecule has 2 aromatic rings. The average Bonchev–Trinajstić information content (AvgIpc) is 2.72. The number of aryl methyl sites for hydroxylation is 1. The number of aromatic nitrogens is 2. The summed E-state index contributed by atoms with van der Waals surface area (Å²) in [7, 11) is -3.34. The molecule has 1 aliphatic heterocycles. The Labute approximate surface area is 165 Å². The molecule has 0 spiro atoms. The van der Waals surface area contributed by atoms with Crippen molar-refractivity contribution < 1.29 is 13.2 Å². The molecule has 0 radical (unpaired) electrons. The predicted molar refractivity (Wildman–Crippen MR) is 108 cm³/mol. The fraction of sp³-hybridized carbons (Fsp3) is 0.421. The van der Waals surface area contributed by atoms with Gasteiger partial charge in [-0.2, -0.15) is 4.31 Å². The summed E-state index contributed by atoms with van der Waals surface area (Å²) in [5, 5.41) is 2.78. The van der Waals surface area contributed by atoms with Gasteiger partial charge in [0.2, 0.25) is 16.0 Å². The molecule has 1 fully saturated rings. The largest absolute Gasteiger partial charge is 0.352 e. The first kappa shape index (κ1) is 20.2. The number of amides is 1. The number of piperazine rings is 1. The van der Waals surface area contributed by atoms with Crippen molar-refractivity contribution in [2.75, 3.05) is 43.4 Å². The minimum atomic E-state index is -3.34. The van der Waals surface area contributed by atoms with Gasteiger partial charge in [0.25, 0.3) is 5.91 Å². The van der Waals surface area contributed by atoms with Crippen molar-refractivity contribution in [3.05, 3.63) is 53.9 Å². The standard InChI is InChI=1S/C19H25N5O3S/c1-16-4-6-17(7-5-16)18(25)20-10-3-15-28(26,27)24-13-11-23(12-14-24)19-21-8-2-9-22-19/h2,4-9H,3,10-15H2,1H3,(H,20,25). The average molecular weight is 404 g/mol. The van der Waals surface area contributed by atoms with E-state index >= 15 is 0 Å². The van der Waals surface area contributed by atoms with E-state index in [0.717, 1.165) is 5.56 Å². The molecule has 150 valence electrons. The van der Waals surface area contributed by atoms with E-state index < -0.39 is 10.0 Å². The molecule has 1 N–H and O–H groups in total. The van der Waals surface area contributed by atoms with Crippen LogP contribution in [0.1, 0.15) is 22.3 Å². The van der Waals surface area contributed by atoms with Crippen molar-refractivity contribution in [2.45, 2.75) is 13.3 Å². The molecule has 9 heteroatoms. The van der Waals surface area contributed by atoms with Gasteiger partial charge in [-0.15, -0.1) is 0 Å². The normalized spacial score (nSPS) is 15.4. The molecular weight excluding hydrogens is 378 g/mol. The van der Waals surface area contributed by atoms with E-state index in [1.54, 1.807) is 30.6 Å². The topological polar surface area (TPSA) is 95.5 Å². The number of carbonyl (C=O) groups is 1. The minimum absolute atomic E-state index is 0.0169. The molecule has 0 saturated carbocycles. The second-order valence-electron chi connectivity index (χ2n) is 6.73. The van der Waals surface area contributed by atoms with E-state index in [4.69, 9.17) is 0 Å². The molecule has 0 atom stereocenters. The van der Waals surface area contributed by atoms with Crippen molar-refractivity contribution in [1.82, 2.24) is 19.6 Å². The van der Waals surface area contributed by atoms with Crippen molar-refractivity contribution >= 4 is 21.9 Å². The molecule has 1 saturated heterocycles. The maximum atomic E-state index is 12.5. The third kappa shape index (κ3) is 5.26. The summed E-state index contributed by atoms with van der Waals surface area (Å²) in [6.07, 6.45) is 3.73. The van der Waals surface area contributed by atoms with E-state index in [1.165, 1.54) is 4.31 Å². The SMILES string of the molecule is Cc1ccc(C(=O)NCCCS(=O)(=O)N2CCN(c3ncccn3)CC2)cc1. The van der Waals surface area contributed by atoms with Crippen LogP contribution in [0.2, 0.25) is 0 Å². The Kier molecular flexibility index (Phi) is 6.58. The van der Waals surface area contributed by atoms with Crippen LogP contribution >= 0.6 is 0 Å². The highest BCUT2D eigenvalue weighted by Gasteiger charge is 2.27. The van der Waals surface area contributed by atoms with E-state index in [2.05, 4.69) is 15.3 Å². The van der Waals surface area contributed by atoms with Gasteiger partial charge in [-0.3, -0.25) is 4.79 Å². The van der Waals surface area contributed by atoms with Crippen LogP contribution in [0.5, 0.6) is 0 Å². The predicted octanol–water partition coefficient (Wildman–Crippen LogP) is 1.06.